The molecular weight excluding hydrogens is 335 g/mol. The molecule has 5 nitrogen and oxygen atoms in total. The number of nitrogens with zero attached hydrogens (tertiary/aromatic N) is 2. The van der Waals surface area contributed by atoms with Crippen LogP contribution >= 0.6 is 0 Å². The molecular formula is C17H16F3N3O2. The van der Waals surface area contributed by atoms with Gasteiger partial charge in [-0.25, -0.2) is 0 Å². The number of hydrogen-bond donors (Lipinski definition) is 1. The topological polar surface area (TPSA) is 62.3 Å². The molecule has 1 aromatic heterocycles. The van der Waals surface area contributed by atoms with Crippen molar-refractivity contribution in [2.45, 2.75) is 19.6 Å². The Morgan fingerprint density at radius 1 is 1.16 bits per heavy atom. The van der Waals surface area contributed by atoms with Gasteiger partial charge in [0.15, 0.2) is 0 Å². The van der Waals surface area contributed by atoms with Gasteiger partial charge >= 0.3 is 6.18 Å². The summed E-state index contributed by atoms with van der Waals surface area (Å²) in [4.78, 5) is 28.7. The number of hydrogen-bond acceptors (Lipinski definition) is 3. The molecule has 0 spiro atoms. The number of nitrogens with one attached hydrogen (secondary N) is 1. The number of aromatic nitrogens is 1. The number of pyridine rings is 1. The first-order chi connectivity index (χ1) is 11.8. The summed E-state index contributed by atoms with van der Waals surface area (Å²) in [7, 11) is 0. The highest BCUT2D eigenvalue weighted by Gasteiger charge is 2.31. The van der Waals surface area contributed by atoms with Crippen LogP contribution in [0.2, 0.25) is 0 Å². The van der Waals surface area contributed by atoms with Crippen LogP contribution in [0, 0.1) is 0 Å². The standard InChI is InChI=1S/C17H16F3N3O2/c1-12(24)23(15-4-2-3-14(9-15)17(18,19)20)11-16(25)22-10-13-5-7-21-8-6-13/h2-9H,10-11H2,1H3,(H,22,25). The second-order valence-corrected chi connectivity index (χ2v) is 5.29. The smallest absolute Gasteiger partial charge is 0.350 e. The molecule has 0 saturated heterocycles. The molecule has 0 radical (unpaired) electrons. The van der Waals surface area contributed by atoms with E-state index in [1.807, 2.05) is 0 Å². The number of anilines is 1. The highest BCUT2D eigenvalue weighted by atomic mass is 19.4. The second-order valence-electron chi connectivity index (χ2n) is 5.29. The Hall–Kier alpha value is -2.90. The van der Waals surface area contributed by atoms with Crippen molar-refractivity contribution >= 4 is 17.5 Å². The van der Waals surface area contributed by atoms with E-state index < -0.39 is 23.6 Å². The Balaban J connectivity index is 2.08. The molecule has 0 atom stereocenters. The minimum Gasteiger partial charge on any atom is -0.350 e. The predicted octanol–water partition coefficient (Wildman–Crippen LogP) is 2.77. The Labute approximate surface area is 142 Å². The van der Waals surface area contributed by atoms with Crippen molar-refractivity contribution in [3.63, 3.8) is 0 Å². The first kappa shape index (κ1) is 18.4. The van der Waals surface area contributed by atoms with Crippen LogP contribution in [0.4, 0.5) is 18.9 Å². The number of amides is 2. The molecule has 132 valence electrons. The van der Waals surface area contributed by atoms with E-state index in [1.54, 1.807) is 24.5 Å². The maximum absolute atomic E-state index is 12.8. The molecule has 2 rings (SSSR count). The first-order valence-corrected chi connectivity index (χ1v) is 7.38. The van der Waals surface area contributed by atoms with Gasteiger partial charge in [0.25, 0.3) is 0 Å². The summed E-state index contributed by atoms with van der Waals surface area (Å²) in [5, 5.41) is 2.62. The van der Waals surface area contributed by atoms with E-state index in [0.717, 1.165) is 22.6 Å². The maximum atomic E-state index is 12.8. The van der Waals surface area contributed by atoms with Gasteiger partial charge in [-0.15, -0.1) is 0 Å². The summed E-state index contributed by atoms with van der Waals surface area (Å²) in [6, 6.07) is 7.74. The lowest BCUT2D eigenvalue weighted by atomic mass is 10.1. The lowest BCUT2D eigenvalue weighted by Gasteiger charge is -2.21. The van der Waals surface area contributed by atoms with Crippen LogP contribution in [0.1, 0.15) is 18.1 Å². The molecule has 2 aromatic rings. The van der Waals surface area contributed by atoms with Gasteiger partial charge < -0.3 is 10.2 Å². The molecule has 25 heavy (non-hydrogen) atoms. The molecule has 0 aliphatic heterocycles. The zero-order chi connectivity index (χ0) is 18.4. The Morgan fingerprint density at radius 2 is 1.84 bits per heavy atom. The van der Waals surface area contributed by atoms with Crippen molar-refractivity contribution < 1.29 is 22.8 Å². The lowest BCUT2D eigenvalue weighted by Crippen LogP contribution is -2.39. The van der Waals surface area contributed by atoms with Crippen LogP contribution in [0.25, 0.3) is 0 Å². The largest absolute Gasteiger partial charge is 0.416 e. The van der Waals surface area contributed by atoms with Crippen molar-refractivity contribution in [1.29, 1.82) is 0 Å². The highest BCUT2D eigenvalue weighted by molar-refractivity contribution is 5.97. The van der Waals surface area contributed by atoms with Gasteiger partial charge in [0, 0.05) is 31.5 Å². The van der Waals surface area contributed by atoms with Crippen LogP contribution in [-0.4, -0.2) is 23.3 Å². The maximum Gasteiger partial charge on any atom is 0.416 e. The third kappa shape index (κ3) is 5.30. The van der Waals surface area contributed by atoms with E-state index >= 15 is 0 Å². The highest BCUT2D eigenvalue weighted by Crippen LogP contribution is 2.31. The lowest BCUT2D eigenvalue weighted by molar-refractivity contribution is -0.137. The van der Waals surface area contributed by atoms with Crippen molar-refractivity contribution in [2.24, 2.45) is 0 Å². The van der Waals surface area contributed by atoms with Crippen molar-refractivity contribution in [2.75, 3.05) is 11.4 Å². The van der Waals surface area contributed by atoms with Gasteiger partial charge in [0.05, 0.1) is 5.56 Å². The zero-order valence-corrected chi connectivity index (χ0v) is 13.4. The molecule has 0 bridgehead atoms. The fraction of sp³-hybridized carbons (Fsp3) is 0.235. The Morgan fingerprint density at radius 3 is 2.44 bits per heavy atom. The zero-order valence-electron chi connectivity index (χ0n) is 13.4. The SMILES string of the molecule is CC(=O)N(CC(=O)NCc1ccncc1)c1cccc(C(F)(F)F)c1. The molecule has 8 heteroatoms. The minimum absolute atomic E-state index is 0.0152. The van der Waals surface area contributed by atoms with E-state index in [9.17, 15) is 22.8 Å². The number of carbonyl (C=O) groups excluding carboxylic acids is 2. The fourth-order valence-electron chi connectivity index (χ4n) is 2.14. The van der Waals surface area contributed by atoms with Crippen LogP contribution in [-0.2, 0) is 22.3 Å². The number of alkyl halides is 3. The number of benzene rings is 1. The average Bonchev–Trinajstić information content (AvgIpc) is 2.58. The fourth-order valence-corrected chi connectivity index (χ4v) is 2.14. The third-order valence-electron chi connectivity index (χ3n) is 3.41. The minimum atomic E-state index is -4.53. The quantitative estimate of drug-likeness (QED) is 0.901. The predicted molar refractivity (Wildman–Crippen MR) is 85.6 cm³/mol. The molecule has 0 aliphatic carbocycles. The van der Waals surface area contributed by atoms with Gasteiger partial charge in [0.2, 0.25) is 11.8 Å². The molecule has 0 aliphatic rings. The van der Waals surface area contributed by atoms with Crippen molar-refractivity contribution in [1.82, 2.24) is 10.3 Å². The molecule has 0 fully saturated rings. The first-order valence-electron chi connectivity index (χ1n) is 7.38. The molecule has 0 saturated carbocycles. The van der Waals surface area contributed by atoms with Gasteiger partial charge in [-0.1, -0.05) is 6.07 Å². The van der Waals surface area contributed by atoms with E-state index in [0.29, 0.717) is 0 Å². The Kier molecular flexibility index (Phi) is 5.74. The molecule has 1 aromatic carbocycles. The van der Waals surface area contributed by atoms with Gasteiger partial charge in [-0.2, -0.15) is 13.2 Å². The normalized spacial score (nSPS) is 11.0. The number of rotatable bonds is 5. The monoisotopic (exact) mass is 351 g/mol. The number of carbonyl (C=O) groups is 2. The van der Waals surface area contributed by atoms with E-state index in [1.165, 1.54) is 19.1 Å². The van der Waals surface area contributed by atoms with Gasteiger partial charge in [-0.05, 0) is 35.9 Å². The summed E-state index contributed by atoms with van der Waals surface area (Å²) in [5.41, 5.74) is -0.0494. The van der Waals surface area contributed by atoms with Crippen molar-refractivity contribution in [3.05, 3.63) is 59.9 Å². The summed E-state index contributed by atoms with van der Waals surface area (Å²) in [5.74, 6) is -1.01. The van der Waals surface area contributed by atoms with Gasteiger partial charge in [0.1, 0.15) is 6.54 Å². The summed E-state index contributed by atoms with van der Waals surface area (Å²) < 4.78 is 38.4. The summed E-state index contributed by atoms with van der Waals surface area (Å²) in [6.45, 7) is 1.05. The summed E-state index contributed by atoms with van der Waals surface area (Å²) in [6.07, 6.45) is -1.37. The third-order valence-corrected chi connectivity index (χ3v) is 3.41. The average molecular weight is 351 g/mol. The molecule has 1 heterocycles. The molecule has 2 amide bonds. The van der Waals surface area contributed by atoms with Gasteiger partial charge in [-0.3, -0.25) is 14.6 Å². The van der Waals surface area contributed by atoms with Crippen LogP contribution in [0.15, 0.2) is 48.8 Å². The second kappa shape index (κ2) is 7.78. The molecule has 1 N–H and O–H groups in total. The van der Waals surface area contributed by atoms with E-state index in [-0.39, 0.29) is 18.8 Å². The van der Waals surface area contributed by atoms with E-state index in [2.05, 4.69) is 10.3 Å². The van der Waals surface area contributed by atoms with Crippen LogP contribution in [0.5, 0.6) is 0 Å². The van der Waals surface area contributed by atoms with E-state index in [4.69, 9.17) is 0 Å². The van der Waals surface area contributed by atoms with Crippen LogP contribution in [0.3, 0.4) is 0 Å². The van der Waals surface area contributed by atoms with Crippen molar-refractivity contribution in [3.8, 4) is 0 Å². The molecule has 0 unspecified atom stereocenters. The summed E-state index contributed by atoms with van der Waals surface area (Å²) >= 11 is 0. The van der Waals surface area contributed by atoms with Crippen LogP contribution < -0.4 is 10.2 Å². The number of halogens is 3. The Bertz CT molecular complexity index is 748.